The minimum atomic E-state index is -0.0795. The number of amides is 2. The lowest BCUT2D eigenvalue weighted by atomic mass is 10.0. The first-order chi connectivity index (χ1) is 11.4. The summed E-state index contributed by atoms with van der Waals surface area (Å²) in [6.07, 6.45) is 2.04. The quantitative estimate of drug-likeness (QED) is 0.901. The Balaban J connectivity index is 1.83. The monoisotopic (exact) mass is 330 g/mol. The largest absolute Gasteiger partial charge is 0.353 e. The van der Waals surface area contributed by atoms with Crippen LogP contribution in [0, 0.1) is 13.8 Å². The molecule has 1 aliphatic rings. The molecule has 0 atom stereocenters. The van der Waals surface area contributed by atoms with Crippen molar-refractivity contribution in [3.8, 4) is 0 Å². The topological polar surface area (TPSA) is 66.5 Å². The van der Waals surface area contributed by atoms with Crippen molar-refractivity contribution in [2.24, 2.45) is 0 Å². The fourth-order valence-corrected chi connectivity index (χ4v) is 2.87. The molecule has 1 aromatic carbocycles. The van der Waals surface area contributed by atoms with Crippen LogP contribution >= 0.6 is 0 Å². The van der Waals surface area contributed by atoms with E-state index < -0.39 is 0 Å². The minimum absolute atomic E-state index is 0.0268. The lowest BCUT2D eigenvalue weighted by Crippen LogP contribution is -2.46. The fourth-order valence-electron chi connectivity index (χ4n) is 2.87. The third kappa shape index (κ3) is 4.91. The maximum absolute atomic E-state index is 12.6. The minimum Gasteiger partial charge on any atom is -0.353 e. The zero-order valence-corrected chi connectivity index (χ0v) is 14.7. The van der Waals surface area contributed by atoms with Crippen molar-refractivity contribution in [2.75, 3.05) is 13.1 Å². The van der Waals surface area contributed by atoms with E-state index in [0.717, 1.165) is 24.0 Å². The Bertz CT molecular complexity index is 631. The van der Waals surface area contributed by atoms with Crippen LogP contribution in [0.5, 0.6) is 0 Å². The number of piperidine rings is 1. The molecule has 0 bridgehead atoms. The molecule has 1 aromatic rings. The number of benzene rings is 1. The lowest BCUT2D eigenvalue weighted by Gasteiger charge is -2.32. The standard InChI is InChI=1S/C19H26N2O3/c1-13-4-6-16(12-14(13)2)19(24)21-10-8-17(9-11-21)20-18(23)7-5-15(3)22/h4,6,12,17H,5,7-11H2,1-3H3,(H,20,23). The first-order valence-corrected chi connectivity index (χ1v) is 8.52. The van der Waals surface area contributed by atoms with E-state index in [1.54, 1.807) is 0 Å². The Morgan fingerprint density at radius 1 is 1.08 bits per heavy atom. The molecule has 1 fully saturated rings. The highest BCUT2D eigenvalue weighted by atomic mass is 16.2. The van der Waals surface area contributed by atoms with E-state index in [4.69, 9.17) is 0 Å². The molecule has 130 valence electrons. The van der Waals surface area contributed by atoms with Gasteiger partial charge in [0.2, 0.25) is 5.91 Å². The van der Waals surface area contributed by atoms with E-state index in [2.05, 4.69) is 5.32 Å². The predicted molar refractivity (Wildman–Crippen MR) is 92.9 cm³/mol. The summed E-state index contributed by atoms with van der Waals surface area (Å²) in [5.41, 5.74) is 3.02. The van der Waals surface area contributed by atoms with Gasteiger partial charge in [-0.2, -0.15) is 0 Å². The van der Waals surface area contributed by atoms with Gasteiger partial charge in [-0.05, 0) is 56.9 Å². The second-order valence-electron chi connectivity index (χ2n) is 6.64. The second kappa shape index (κ2) is 8.08. The summed E-state index contributed by atoms with van der Waals surface area (Å²) in [6.45, 7) is 6.82. The second-order valence-corrected chi connectivity index (χ2v) is 6.64. The van der Waals surface area contributed by atoms with Gasteiger partial charge < -0.3 is 15.0 Å². The van der Waals surface area contributed by atoms with Crippen LogP contribution in [0.3, 0.4) is 0 Å². The number of carbonyl (C=O) groups is 3. The summed E-state index contributed by atoms with van der Waals surface area (Å²) in [7, 11) is 0. The van der Waals surface area contributed by atoms with E-state index in [-0.39, 0.29) is 36.5 Å². The number of nitrogens with one attached hydrogen (secondary N) is 1. The van der Waals surface area contributed by atoms with Gasteiger partial charge in [-0.15, -0.1) is 0 Å². The molecule has 2 rings (SSSR count). The van der Waals surface area contributed by atoms with Crippen LogP contribution in [-0.4, -0.2) is 41.6 Å². The van der Waals surface area contributed by atoms with Crippen LogP contribution in [-0.2, 0) is 9.59 Å². The van der Waals surface area contributed by atoms with E-state index in [1.807, 2.05) is 36.9 Å². The molecule has 1 N–H and O–H groups in total. The van der Waals surface area contributed by atoms with Crippen LogP contribution < -0.4 is 5.32 Å². The molecule has 0 spiro atoms. The van der Waals surface area contributed by atoms with E-state index in [1.165, 1.54) is 12.5 Å². The third-order valence-electron chi connectivity index (χ3n) is 4.61. The molecule has 5 nitrogen and oxygen atoms in total. The SMILES string of the molecule is CC(=O)CCC(=O)NC1CCN(C(=O)c2ccc(C)c(C)c2)CC1. The van der Waals surface area contributed by atoms with Gasteiger partial charge in [0.25, 0.3) is 5.91 Å². The zero-order valence-electron chi connectivity index (χ0n) is 14.7. The number of Topliss-reactive ketones (excluding diaryl/α,β-unsaturated/α-hetero) is 1. The Hall–Kier alpha value is -2.17. The summed E-state index contributed by atoms with van der Waals surface area (Å²) in [5, 5.41) is 2.96. The summed E-state index contributed by atoms with van der Waals surface area (Å²) < 4.78 is 0. The van der Waals surface area contributed by atoms with Gasteiger partial charge in [0, 0.05) is 37.5 Å². The maximum Gasteiger partial charge on any atom is 0.253 e. The average Bonchev–Trinajstić information content (AvgIpc) is 2.55. The number of nitrogens with zero attached hydrogens (tertiary/aromatic N) is 1. The Labute approximate surface area is 143 Å². The molecule has 1 aliphatic heterocycles. The molecule has 24 heavy (non-hydrogen) atoms. The van der Waals surface area contributed by atoms with Crippen LogP contribution in [0.25, 0.3) is 0 Å². The maximum atomic E-state index is 12.6. The van der Waals surface area contributed by atoms with E-state index in [9.17, 15) is 14.4 Å². The molecule has 0 radical (unpaired) electrons. The number of aryl methyl sites for hydroxylation is 2. The highest BCUT2D eigenvalue weighted by Crippen LogP contribution is 2.16. The Kier molecular flexibility index (Phi) is 6.12. The first-order valence-electron chi connectivity index (χ1n) is 8.52. The van der Waals surface area contributed by atoms with Crippen molar-refractivity contribution in [3.05, 3.63) is 34.9 Å². The molecule has 5 heteroatoms. The van der Waals surface area contributed by atoms with Gasteiger partial charge in [-0.25, -0.2) is 0 Å². The van der Waals surface area contributed by atoms with Crippen LogP contribution in [0.2, 0.25) is 0 Å². The Morgan fingerprint density at radius 2 is 1.75 bits per heavy atom. The van der Waals surface area contributed by atoms with Crippen molar-refractivity contribution in [1.82, 2.24) is 10.2 Å². The predicted octanol–water partition coefficient (Wildman–Crippen LogP) is 2.39. The third-order valence-corrected chi connectivity index (χ3v) is 4.61. The number of carbonyl (C=O) groups excluding carboxylic acids is 3. The van der Waals surface area contributed by atoms with Crippen molar-refractivity contribution in [1.29, 1.82) is 0 Å². The molecular formula is C19H26N2O3. The molecule has 0 unspecified atom stereocenters. The Morgan fingerprint density at radius 3 is 2.33 bits per heavy atom. The van der Waals surface area contributed by atoms with Gasteiger partial charge >= 0.3 is 0 Å². The van der Waals surface area contributed by atoms with Crippen LogP contribution in [0.1, 0.15) is 54.1 Å². The highest BCUT2D eigenvalue weighted by molar-refractivity contribution is 5.94. The zero-order chi connectivity index (χ0) is 17.7. The first kappa shape index (κ1) is 18.2. The van der Waals surface area contributed by atoms with Gasteiger partial charge in [0.15, 0.2) is 0 Å². The van der Waals surface area contributed by atoms with E-state index >= 15 is 0 Å². The molecule has 1 heterocycles. The fraction of sp³-hybridized carbons (Fsp3) is 0.526. The molecular weight excluding hydrogens is 304 g/mol. The summed E-state index contributed by atoms with van der Waals surface area (Å²) in [6, 6.07) is 5.88. The summed E-state index contributed by atoms with van der Waals surface area (Å²) in [5.74, 6) is 0.00236. The number of hydrogen-bond donors (Lipinski definition) is 1. The van der Waals surface area contributed by atoms with Gasteiger partial charge in [0.1, 0.15) is 5.78 Å². The normalized spacial score (nSPS) is 15.2. The molecule has 0 aromatic heterocycles. The molecule has 0 aliphatic carbocycles. The van der Waals surface area contributed by atoms with Crippen LogP contribution in [0.4, 0.5) is 0 Å². The van der Waals surface area contributed by atoms with Crippen molar-refractivity contribution in [2.45, 2.75) is 52.5 Å². The number of likely N-dealkylation sites (tertiary alicyclic amines) is 1. The van der Waals surface area contributed by atoms with Crippen molar-refractivity contribution >= 4 is 17.6 Å². The summed E-state index contributed by atoms with van der Waals surface area (Å²) >= 11 is 0. The molecule has 0 saturated carbocycles. The van der Waals surface area contributed by atoms with Crippen molar-refractivity contribution in [3.63, 3.8) is 0 Å². The number of hydrogen-bond acceptors (Lipinski definition) is 3. The molecule has 1 saturated heterocycles. The van der Waals surface area contributed by atoms with Gasteiger partial charge in [-0.3, -0.25) is 9.59 Å². The average molecular weight is 330 g/mol. The van der Waals surface area contributed by atoms with Gasteiger partial charge in [-0.1, -0.05) is 6.07 Å². The summed E-state index contributed by atoms with van der Waals surface area (Å²) in [4.78, 5) is 37.1. The van der Waals surface area contributed by atoms with Crippen molar-refractivity contribution < 1.29 is 14.4 Å². The molecule has 2 amide bonds. The van der Waals surface area contributed by atoms with Gasteiger partial charge in [0.05, 0.1) is 0 Å². The highest BCUT2D eigenvalue weighted by Gasteiger charge is 2.24. The lowest BCUT2D eigenvalue weighted by molar-refractivity contribution is -0.125. The van der Waals surface area contributed by atoms with Crippen LogP contribution in [0.15, 0.2) is 18.2 Å². The smallest absolute Gasteiger partial charge is 0.253 e. The van der Waals surface area contributed by atoms with E-state index in [0.29, 0.717) is 13.1 Å². The number of rotatable bonds is 5. The number of ketones is 1.